The summed E-state index contributed by atoms with van der Waals surface area (Å²) in [7, 11) is 0. The Bertz CT molecular complexity index is 949. The number of carbonyl (C=O) groups is 1. The first-order valence-electron chi connectivity index (χ1n) is 9.26. The summed E-state index contributed by atoms with van der Waals surface area (Å²) in [6.45, 7) is 5.46. The SMILES string of the molecule is CC(C)(C)OC(=O)NC1CC2(C1)CC(F)(c1n[nH]c(=O)c3ccccc13)C2. The molecule has 0 unspecified atom stereocenters. The first kappa shape index (κ1) is 17.9. The predicted molar refractivity (Wildman–Crippen MR) is 99.2 cm³/mol. The molecule has 2 N–H and O–H groups in total. The van der Waals surface area contributed by atoms with Crippen molar-refractivity contribution in [2.24, 2.45) is 5.41 Å². The molecule has 27 heavy (non-hydrogen) atoms. The molecule has 144 valence electrons. The van der Waals surface area contributed by atoms with E-state index in [4.69, 9.17) is 4.74 Å². The molecule has 4 rings (SSSR count). The molecule has 2 aliphatic rings. The van der Waals surface area contributed by atoms with Crippen LogP contribution in [0.1, 0.15) is 52.1 Å². The number of ether oxygens (including phenoxy) is 1. The second kappa shape index (κ2) is 5.78. The summed E-state index contributed by atoms with van der Waals surface area (Å²) < 4.78 is 20.8. The largest absolute Gasteiger partial charge is 0.444 e. The van der Waals surface area contributed by atoms with Gasteiger partial charge in [0, 0.05) is 11.4 Å². The van der Waals surface area contributed by atoms with Gasteiger partial charge in [-0.1, -0.05) is 18.2 Å². The number of alkyl carbamates (subject to hydrolysis) is 1. The normalized spacial score (nSPS) is 29.9. The molecule has 1 aromatic carbocycles. The maximum atomic E-state index is 15.5. The molecule has 6 nitrogen and oxygen atoms in total. The van der Waals surface area contributed by atoms with Crippen LogP contribution in [0, 0.1) is 5.41 Å². The molecule has 2 fully saturated rings. The molecule has 2 aromatic rings. The highest BCUT2D eigenvalue weighted by molar-refractivity contribution is 5.84. The predicted octanol–water partition coefficient (Wildman–Crippen LogP) is 3.56. The molecular formula is C20H24FN3O3. The van der Waals surface area contributed by atoms with Crippen molar-refractivity contribution in [3.05, 3.63) is 40.3 Å². The highest BCUT2D eigenvalue weighted by atomic mass is 19.1. The van der Waals surface area contributed by atoms with Gasteiger partial charge in [-0.25, -0.2) is 14.3 Å². The average Bonchev–Trinajstić information content (AvgIpc) is 2.50. The van der Waals surface area contributed by atoms with E-state index in [1.165, 1.54) is 0 Å². The summed E-state index contributed by atoms with van der Waals surface area (Å²) >= 11 is 0. The number of rotatable bonds is 2. The first-order valence-corrected chi connectivity index (χ1v) is 9.26. The third-order valence-corrected chi connectivity index (χ3v) is 5.51. The van der Waals surface area contributed by atoms with Gasteiger partial charge in [0.1, 0.15) is 11.3 Å². The topological polar surface area (TPSA) is 84.1 Å². The van der Waals surface area contributed by atoms with E-state index >= 15 is 4.39 Å². The number of amides is 1. The number of hydrogen-bond donors (Lipinski definition) is 2. The number of alkyl halides is 1. The lowest BCUT2D eigenvalue weighted by atomic mass is 9.48. The Morgan fingerprint density at radius 3 is 2.52 bits per heavy atom. The number of fused-ring (bicyclic) bond motifs is 1. The van der Waals surface area contributed by atoms with E-state index in [9.17, 15) is 9.59 Å². The van der Waals surface area contributed by atoms with Crippen molar-refractivity contribution in [2.45, 2.75) is 63.8 Å². The number of nitrogens with one attached hydrogen (secondary N) is 2. The van der Waals surface area contributed by atoms with Gasteiger partial charge < -0.3 is 10.1 Å². The van der Waals surface area contributed by atoms with Gasteiger partial charge in [-0.2, -0.15) is 5.10 Å². The summed E-state index contributed by atoms with van der Waals surface area (Å²) in [5.41, 5.74) is -2.18. The number of nitrogens with zero attached hydrogens (tertiary/aromatic N) is 1. The van der Waals surface area contributed by atoms with Gasteiger partial charge in [0.25, 0.3) is 5.56 Å². The summed E-state index contributed by atoms with van der Waals surface area (Å²) in [5, 5.41) is 10.3. The van der Waals surface area contributed by atoms with Gasteiger partial charge in [-0.05, 0) is 57.9 Å². The molecule has 1 aromatic heterocycles. The van der Waals surface area contributed by atoms with Crippen molar-refractivity contribution >= 4 is 16.9 Å². The first-order chi connectivity index (χ1) is 12.6. The summed E-state index contributed by atoms with van der Waals surface area (Å²) in [6, 6.07) is 6.99. The number of benzene rings is 1. The molecule has 0 radical (unpaired) electrons. The van der Waals surface area contributed by atoms with Gasteiger partial charge in [0.15, 0.2) is 5.67 Å². The average molecular weight is 373 g/mol. The lowest BCUT2D eigenvalue weighted by Crippen LogP contribution is -2.60. The third kappa shape index (κ3) is 3.19. The highest BCUT2D eigenvalue weighted by Crippen LogP contribution is 2.65. The van der Waals surface area contributed by atoms with Crippen LogP contribution in [0.4, 0.5) is 9.18 Å². The molecule has 0 aliphatic heterocycles. The Balaban J connectivity index is 1.42. The van der Waals surface area contributed by atoms with Crippen molar-refractivity contribution in [2.75, 3.05) is 0 Å². The van der Waals surface area contributed by atoms with Crippen LogP contribution in [-0.4, -0.2) is 27.9 Å². The number of aromatic nitrogens is 2. The number of carbonyl (C=O) groups excluding carboxylic acids is 1. The fraction of sp³-hybridized carbons (Fsp3) is 0.550. The molecule has 0 bridgehead atoms. The maximum absolute atomic E-state index is 15.5. The van der Waals surface area contributed by atoms with E-state index in [-0.39, 0.29) is 17.0 Å². The smallest absolute Gasteiger partial charge is 0.407 e. The minimum Gasteiger partial charge on any atom is -0.444 e. The van der Waals surface area contributed by atoms with Crippen LogP contribution >= 0.6 is 0 Å². The molecule has 0 saturated heterocycles. The van der Waals surface area contributed by atoms with Crippen molar-refractivity contribution in [1.82, 2.24) is 15.5 Å². The monoisotopic (exact) mass is 373 g/mol. The minimum atomic E-state index is -1.54. The molecule has 7 heteroatoms. The number of hydrogen-bond acceptors (Lipinski definition) is 4. The number of H-pyrrole nitrogens is 1. The zero-order valence-corrected chi connectivity index (χ0v) is 15.8. The Hall–Kier alpha value is -2.44. The molecule has 0 atom stereocenters. The zero-order valence-electron chi connectivity index (χ0n) is 15.8. The summed E-state index contributed by atoms with van der Waals surface area (Å²) in [6.07, 6.45) is 1.75. The van der Waals surface area contributed by atoms with E-state index in [0.717, 1.165) is 12.8 Å². The Morgan fingerprint density at radius 1 is 1.26 bits per heavy atom. The Kier molecular flexibility index (Phi) is 3.84. The van der Waals surface area contributed by atoms with Crippen LogP contribution in [-0.2, 0) is 10.4 Å². The van der Waals surface area contributed by atoms with Crippen LogP contribution in [0.15, 0.2) is 29.1 Å². The molecular weight excluding hydrogens is 349 g/mol. The van der Waals surface area contributed by atoms with Crippen LogP contribution in [0.25, 0.3) is 10.8 Å². The molecule has 2 aliphatic carbocycles. The standard InChI is InChI=1S/C20H24FN3O3/c1-18(2,3)27-17(26)22-12-8-19(9-12)10-20(21,11-19)15-13-6-4-5-7-14(13)16(25)24-23-15/h4-7,12H,8-11H2,1-3H3,(H,22,26)(H,24,25). The summed E-state index contributed by atoms with van der Waals surface area (Å²) in [4.78, 5) is 23.8. The van der Waals surface area contributed by atoms with E-state index < -0.39 is 17.4 Å². The van der Waals surface area contributed by atoms with E-state index in [2.05, 4.69) is 15.5 Å². The van der Waals surface area contributed by atoms with Crippen molar-refractivity contribution in [3.8, 4) is 0 Å². The molecule has 1 spiro atoms. The van der Waals surface area contributed by atoms with E-state index in [1.807, 2.05) is 20.8 Å². The fourth-order valence-corrected chi connectivity index (χ4v) is 4.61. The third-order valence-electron chi connectivity index (χ3n) is 5.51. The second-order valence-electron chi connectivity index (χ2n) is 9.02. The lowest BCUT2D eigenvalue weighted by molar-refractivity contribution is -0.133. The lowest BCUT2D eigenvalue weighted by Gasteiger charge is -2.59. The second-order valence-corrected chi connectivity index (χ2v) is 9.02. The van der Waals surface area contributed by atoms with Gasteiger partial charge in [0.05, 0.1) is 5.39 Å². The van der Waals surface area contributed by atoms with Gasteiger partial charge in [0.2, 0.25) is 0 Å². The zero-order chi connectivity index (χ0) is 19.4. The number of aromatic amines is 1. The molecule has 1 amide bonds. The maximum Gasteiger partial charge on any atom is 0.407 e. The van der Waals surface area contributed by atoms with Crippen molar-refractivity contribution in [3.63, 3.8) is 0 Å². The van der Waals surface area contributed by atoms with E-state index in [1.54, 1.807) is 24.3 Å². The number of halogens is 1. The van der Waals surface area contributed by atoms with E-state index in [0.29, 0.717) is 29.3 Å². The van der Waals surface area contributed by atoms with Crippen molar-refractivity contribution in [1.29, 1.82) is 0 Å². The van der Waals surface area contributed by atoms with Crippen LogP contribution in [0.2, 0.25) is 0 Å². The van der Waals surface area contributed by atoms with Gasteiger partial charge in [-0.3, -0.25) is 4.79 Å². The quantitative estimate of drug-likeness (QED) is 0.843. The Labute approximate surface area is 156 Å². The Morgan fingerprint density at radius 2 is 1.89 bits per heavy atom. The molecule has 2 saturated carbocycles. The highest BCUT2D eigenvalue weighted by Gasteiger charge is 2.63. The van der Waals surface area contributed by atoms with Crippen molar-refractivity contribution < 1.29 is 13.9 Å². The van der Waals surface area contributed by atoms with Gasteiger partial charge >= 0.3 is 6.09 Å². The van der Waals surface area contributed by atoms with Crippen LogP contribution in [0.3, 0.4) is 0 Å². The fourth-order valence-electron chi connectivity index (χ4n) is 4.61. The molecule has 1 heterocycles. The summed E-state index contributed by atoms with van der Waals surface area (Å²) in [5.74, 6) is 0. The minimum absolute atomic E-state index is 0.0182. The van der Waals surface area contributed by atoms with Gasteiger partial charge in [-0.15, -0.1) is 0 Å². The van der Waals surface area contributed by atoms with Crippen LogP contribution < -0.4 is 10.9 Å². The van der Waals surface area contributed by atoms with Crippen LogP contribution in [0.5, 0.6) is 0 Å².